The van der Waals surface area contributed by atoms with Crippen LogP contribution in [0.25, 0.3) is 21.9 Å². The van der Waals surface area contributed by atoms with E-state index in [1.807, 2.05) is 25.5 Å². The maximum absolute atomic E-state index is 14.1. The largest absolute Gasteiger partial charge is 0.339 e. The Labute approximate surface area is 185 Å². The van der Waals surface area contributed by atoms with E-state index in [0.29, 0.717) is 11.1 Å². The molecule has 0 spiro atoms. The second-order valence-corrected chi connectivity index (χ2v) is 8.27. The van der Waals surface area contributed by atoms with Gasteiger partial charge in [-0.05, 0) is 54.8 Å². The summed E-state index contributed by atoms with van der Waals surface area (Å²) in [5.74, 6) is 0. The summed E-state index contributed by atoms with van der Waals surface area (Å²) in [5.41, 5.74) is 5.34. The van der Waals surface area contributed by atoms with Crippen molar-refractivity contribution in [3.63, 3.8) is 0 Å². The molecule has 164 valence electrons. The van der Waals surface area contributed by atoms with E-state index < -0.39 is 6.43 Å². The van der Waals surface area contributed by atoms with E-state index in [-0.39, 0.29) is 5.56 Å². The molecule has 0 unspecified atom stereocenters. The number of pyridine rings is 1. The van der Waals surface area contributed by atoms with E-state index >= 15 is 0 Å². The first kappa shape index (κ1) is 20.6. The fraction of sp³-hybridized carbons (Fsp3) is 0.280. The maximum atomic E-state index is 14.1. The summed E-state index contributed by atoms with van der Waals surface area (Å²) in [6.07, 6.45) is 6.34. The van der Waals surface area contributed by atoms with E-state index in [1.54, 1.807) is 30.2 Å². The van der Waals surface area contributed by atoms with Gasteiger partial charge in [0.05, 0.1) is 18.1 Å². The van der Waals surface area contributed by atoms with E-state index in [9.17, 15) is 8.78 Å². The van der Waals surface area contributed by atoms with Gasteiger partial charge in [-0.15, -0.1) is 0 Å². The van der Waals surface area contributed by atoms with Crippen molar-refractivity contribution in [2.75, 3.05) is 18.5 Å². The molecule has 0 saturated carbocycles. The average Bonchev–Trinajstić information content (AvgIpc) is 3.23. The number of aromatic nitrogens is 3. The zero-order chi connectivity index (χ0) is 22.2. The SMILES string of the molecule is CNCc1ccc2cncc(N3CCCc4cc(-c5cnn(C)c5)c(C(F)F)cc43)c2c1. The highest BCUT2D eigenvalue weighted by molar-refractivity contribution is 5.96. The monoisotopic (exact) mass is 433 g/mol. The fourth-order valence-electron chi connectivity index (χ4n) is 4.61. The van der Waals surface area contributed by atoms with Crippen LogP contribution in [0.15, 0.2) is 55.1 Å². The highest BCUT2D eigenvalue weighted by atomic mass is 19.3. The fourth-order valence-corrected chi connectivity index (χ4v) is 4.61. The maximum Gasteiger partial charge on any atom is 0.264 e. The van der Waals surface area contributed by atoms with E-state index in [2.05, 4.69) is 38.5 Å². The van der Waals surface area contributed by atoms with Gasteiger partial charge < -0.3 is 10.2 Å². The smallest absolute Gasteiger partial charge is 0.264 e. The van der Waals surface area contributed by atoms with Crippen molar-refractivity contribution in [1.29, 1.82) is 0 Å². The molecule has 0 radical (unpaired) electrons. The summed E-state index contributed by atoms with van der Waals surface area (Å²) in [4.78, 5) is 6.59. The number of nitrogens with one attached hydrogen (secondary N) is 1. The van der Waals surface area contributed by atoms with Crippen LogP contribution in [0, 0.1) is 0 Å². The molecule has 32 heavy (non-hydrogen) atoms. The van der Waals surface area contributed by atoms with Crippen LogP contribution < -0.4 is 10.2 Å². The zero-order valence-corrected chi connectivity index (χ0v) is 18.1. The number of nitrogens with zero attached hydrogens (tertiary/aromatic N) is 4. The molecule has 4 aromatic rings. The lowest BCUT2D eigenvalue weighted by Crippen LogP contribution is -2.25. The molecule has 5 nitrogen and oxygen atoms in total. The molecule has 2 aromatic heterocycles. The van der Waals surface area contributed by atoms with Crippen molar-refractivity contribution in [2.24, 2.45) is 7.05 Å². The summed E-state index contributed by atoms with van der Waals surface area (Å²) in [6, 6.07) is 9.90. The van der Waals surface area contributed by atoms with Crippen LogP contribution in [-0.2, 0) is 20.0 Å². The minimum absolute atomic E-state index is 0.0349. The van der Waals surface area contributed by atoms with Gasteiger partial charge in [-0.3, -0.25) is 9.67 Å². The van der Waals surface area contributed by atoms with Crippen molar-refractivity contribution in [1.82, 2.24) is 20.1 Å². The number of rotatable bonds is 5. The second kappa shape index (κ2) is 8.31. The normalized spacial score (nSPS) is 13.7. The van der Waals surface area contributed by atoms with Crippen molar-refractivity contribution in [2.45, 2.75) is 25.8 Å². The van der Waals surface area contributed by atoms with Crippen molar-refractivity contribution in [3.8, 4) is 11.1 Å². The molecule has 0 atom stereocenters. The Balaban J connectivity index is 1.67. The van der Waals surface area contributed by atoms with Gasteiger partial charge in [0.15, 0.2) is 0 Å². The molecule has 0 saturated heterocycles. The third-order valence-corrected chi connectivity index (χ3v) is 6.10. The van der Waals surface area contributed by atoms with Crippen LogP contribution in [0.2, 0.25) is 0 Å². The lowest BCUT2D eigenvalue weighted by molar-refractivity contribution is 0.152. The predicted molar refractivity (Wildman–Crippen MR) is 123 cm³/mol. The summed E-state index contributed by atoms with van der Waals surface area (Å²) in [5, 5.41) is 9.48. The van der Waals surface area contributed by atoms with Gasteiger partial charge in [0, 0.05) is 60.1 Å². The third kappa shape index (κ3) is 3.62. The van der Waals surface area contributed by atoms with Gasteiger partial charge in [0.1, 0.15) is 0 Å². The summed E-state index contributed by atoms with van der Waals surface area (Å²) in [6.45, 7) is 1.53. The minimum atomic E-state index is -2.58. The molecule has 0 fully saturated rings. The first-order chi connectivity index (χ1) is 15.5. The van der Waals surface area contributed by atoms with Crippen LogP contribution >= 0.6 is 0 Å². The third-order valence-electron chi connectivity index (χ3n) is 6.10. The van der Waals surface area contributed by atoms with Crippen LogP contribution in [0.4, 0.5) is 20.2 Å². The van der Waals surface area contributed by atoms with Crippen molar-refractivity contribution in [3.05, 3.63) is 71.8 Å². The number of aryl methyl sites for hydroxylation is 2. The first-order valence-electron chi connectivity index (χ1n) is 10.8. The molecule has 0 amide bonds. The quantitative estimate of drug-likeness (QED) is 0.459. The average molecular weight is 434 g/mol. The number of anilines is 2. The highest BCUT2D eigenvalue weighted by Crippen LogP contribution is 2.42. The molecule has 1 aliphatic heterocycles. The lowest BCUT2D eigenvalue weighted by Gasteiger charge is -2.33. The molecular weight excluding hydrogens is 408 g/mol. The van der Waals surface area contributed by atoms with Crippen LogP contribution in [-0.4, -0.2) is 28.4 Å². The lowest BCUT2D eigenvalue weighted by atomic mass is 9.92. The van der Waals surface area contributed by atoms with Crippen LogP contribution in [0.1, 0.15) is 29.5 Å². The molecule has 0 bridgehead atoms. The van der Waals surface area contributed by atoms with Gasteiger partial charge in [-0.1, -0.05) is 12.1 Å². The van der Waals surface area contributed by atoms with Crippen molar-refractivity contribution >= 4 is 22.1 Å². The first-order valence-corrected chi connectivity index (χ1v) is 10.8. The second-order valence-electron chi connectivity index (χ2n) is 8.27. The molecule has 1 N–H and O–H groups in total. The number of hydrogen-bond donors (Lipinski definition) is 1. The Bertz CT molecular complexity index is 1280. The Hall–Kier alpha value is -3.32. The van der Waals surface area contributed by atoms with Gasteiger partial charge in [0.2, 0.25) is 0 Å². The molecule has 1 aliphatic rings. The topological polar surface area (TPSA) is 46.0 Å². The van der Waals surface area contributed by atoms with Gasteiger partial charge >= 0.3 is 0 Å². The summed E-state index contributed by atoms with van der Waals surface area (Å²) >= 11 is 0. The Morgan fingerprint density at radius 2 is 1.97 bits per heavy atom. The number of hydrogen-bond acceptors (Lipinski definition) is 4. The molecular formula is C25H25F2N5. The van der Waals surface area contributed by atoms with Gasteiger partial charge in [-0.2, -0.15) is 5.10 Å². The van der Waals surface area contributed by atoms with E-state index in [0.717, 1.165) is 53.6 Å². The molecule has 5 rings (SSSR count). The van der Waals surface area contributed by atoms with Crippen LogP contribution in [0.3, 0.4) is 0 Å². The van der Waals surface area contributed by atoms with Crippen LogP contribution in [0.5, 0.6) is 0 Å². The standard InChI is InChI=1S/C25H25F2N5/c1-28-11-16-5-6-18-12-29-14-24(21(18)8-16)32-7-3-4-17-9-20(19-13-30-31(2)15-19)22(25(26)27)10-23(17)32/h5-6,8-10,12-15,25,28H,3-4,7,11H2,1-2H3. The number of halogens is 2. The van der Waals surface area contributed by atoms with E-state index in [1.165, 1.54) is 5.56 Å². The van der Waals surface area contributed by atoms with Crippen molar-refractivity contribution < 1.29 is 8.78 Å². The molecule has 3 heterocycles. The summed E-state index contributed by atoms with van der Waals surface area (Å²) in [7, 11) is 3.71. The summed E-state index contributed by atoms with van der Waals surface area (Å²) < 4.78 is 29.9. The minimum Gasteiger partial charge on any atom is -0.339 e. The van der Waals surface area contributed by atoms with Gasteiger partial charge in [0.25, 0.3) is 6.43 Å². The number of benzene rings is 2. The highest BCUT2D eigenvalue weighted by Gasteiger charge is 2.25. The molecule has 7 heteroatoms. The molecule has 2 aromatic carbocycles. The Kier molecular flexibility index (Phi) is 5.35. The molecule has 0 aliphatic carbocycles. The van der Waals surface area contributed by atoms with Gasteiger partial charge in [-0.25, -0.2) is 8.78 Å². The number of alkyl halides is 2. The number of fused-ring (bicyclic) bond motifs is 2. The van der Waals surface area contributed by atoms with E-state index in [4.69, 9.17) is 0 Å². The zero-order valence-electron chi connectivity index (χ0n) is 18.1. The Morgan fingerprint density at radius 3 is 2.72 bits per heavy atom. The Morgan fingerprint density at radius 1 is 1.09 bits per heavy atom. The predicted octanol–water partition coefficient (Wildman–Crippen LogP) is 5.38.